The molecule has 0 aliphatic carbocycles. The quantitative estimate of drug-likeness (QED) is 0.864. The van der Waals surface area contributed by atoms with E-state index in [-0.39, 0.29) is 6.10 Å². The molecule has 2 atom stereocenters. The third kappa shape index (κ3) is 4.50. The third-order valence-electron chi connectivity index (χ3n) is 4.27. The van der Waals surface area contributed by atoms with Crippen molar-refractivity contribution < 1.29 is 9.84 Å². The number of β-amino-alcohol motifs (C(OH)–C–C–N with tert-alkyl or cyclic N) is 1. The molecule has 0 saturated carbocycles. The zero-order valence-corrected chi connectivity index (χ0v) is 14.0. The molecule has 0 unspecified atom stereocenters. The van der Waals surface area contributed by atoms with Crippen molar-refractivity contribution >= 4 is 5.82 Å². The minimum Gasteiger partial charge on any atom is -0.387 e. The molecule has 1 aromatic heterocycles. The van der Waals surface area contributed by atoms with E-state index in [0.717, 1.165) is 31.0 Å². The van der Waals surface area contributed by atoms with E-state index in [0.29, 0.717) is 13.2 Å². The van der Waals surface area contributed by atoms with Crippen LogP contribution in [0.4, 0.5) is 5.82 Å². The minimum atomic E-state index is -0.470. The van der Waals surface area contributed by atoms with Crippen LogP contribution >= 0.6 is 0 Å². The van der Waals surface area contributed by atoms with Gasteiger partial charge in [0.15, 0.2) is 5.82 Å². The van der Waals surface area contributed by atoms with Crippen LogP contribution in [0.15, 0.2) is 48.7 Å². The van der Waals surface area contributed by atoms with Crippen molar-refractivity contribution in [2.24, 2.45) is 0 Å². The van der Waals surface area contributed by atoms with Gasteiger partial charge in [0.05, 0.1) is 18.8 Å². The molecule has 1 saturated heterocycles. The fraction of sp³-hybridized carbons (Fsp3) is 0.444. The summed E-state index contributed by atoms with van der Waals surface area (Å²) in [6.45, 7) is 3.69. The van der Waals surface area contributed by atoms with Crippen molar-refractivity contribution in [1.29, 1.82) is 0 Å². The van der Waals surface area contributed by atoms with Crippen molar-refractivity contribution in [3.63, 3.8) is 0 Å². The highest BCUT2D eigenvalue weighted by atomic mass is 16.5. The van der Waals surface area contributed by atoms with E-state index in [9.17, 15) is 5.11 Å². The molecule has 6 heteroatoms. The number of likely N-dealkylation sites (N-methyl/N-ethyl adjacent to an activating group) is 1. The van der Waals surface area contributed by atoms with Gasteiger partial charge in [-0.3, -0.25) is 4.90 Å². The van der Waals surface area contributed by atoms with Gasteiger partial charge in [0.1, 0.15) is 0 Å². The standard InChI is InChI=1S/C18H24N4O2/c1-21(18-8-5-9-19-20-18)12-16-13-22(10-11-24-16)14-17(23)15-6-3-2-4-7-15/h2-9,16-17,23H,10-14H2,1H3/t16-,17-/m0/s1. The molecule has 1 N–H and O–H groups in total. The molecule has 6 nitrogen and oxygen atoms in total. The summed E-state index contributed by atoms with van der Waals surface area (Å²) >= 11 is 0. The summed E-state index contributed by atoms with van der Waals surface area (Å²) in [6.07, 6.45) is 1.29. The van der Waals surface area contributed by atoms with Gasteiger partial charge < -0.3 is 14.7 Å². The smallest absolute Gasteiger partial charge is 0.151 e. The van der Waals surface area contributed by atoms with E-state index in [1.807, 2.05) is 49.5 Å². The predicted molar refractivity (Wildman–Crippen MR) is 92.9 cm³/mol. The number of hydrogen-bond acceptors (Lipinski definition) is 6. The Bertz CT molecular complexity index is 557. The first-order valence-corrected chi connectivity index (χ1v) is 8.28. The Kier molecular flexibility index (Phi) is 5.74. The monoisotopic (exact) mass is 328 g/mol. The van der Waals surface area contributed by atoms with Crippen molar-refractivity contribution in [3.05, 3.63) is 54.2 Å². The van der Waals surface area contributed by atoms with Crippen molar-refractivity contribution in [3.8, 4) is 0 Å². The number of ether oxygens (including phenoxy) is 1. The normalized spacial score (nSPS) is 19.8. The van der Waals surface area contributed by atoms with Gasteiger partial charge in [0, 0.05) is 39.4 Å². The molecule has 0 spiro atoms. The molecular weight excluding hydrogens is 304 g/mol. The molecule has 0 amide bonds. The number of anilines is 1. The van der Waals surface area contributed by atoms with Gasteiger partial charge in [-0.05, 0) is 17.7 Å². The Balaban J connectivity index is 1.53. The van der Waals surface area contributed by atoms with Crippen LogP contribution in [0.25, 0.3) is 0 Å². The zero-order valence-electron chi connectivity index (χ0n) is 14.0. The Morgan fingerprint density at radius 2 is 2.12 bits per heavy atom. The van der Waals surface area contributed by atoms with Crippen LogP contribution in [-0.2, 0) is 4.74 Å². The van der Waals surface area contributed by atoms with E-state index >= 15 is 0 Å². The van der Waals surface area contributed by atoms with Gasteiger partial charge in [-0.25, -0.2) is 0 Å². The zero-order chi connectivity index (χ0) is 16.8. The second-order valence-corrected chi connectivity index (χ2v) is 6.14. The summed E-state index contributed by atoms with van der Waals surface area (Å²) in [5.74, 6) is 0.836. The highest BCUT2D eigenvalue weighted by molar-refractivity contribution is 5.35. The molecule has 1 aromatic carbocycles. The first kappa shape index (κ1) is 16.8. The lowest BCUT2D eigenvalue weighted by atomic mass is 10.1. The second-order valence-electron chi connectivity index (χ2n) is 6.14. The molecule has 128 valence electrons. The maximum atomic E-state index is 10.4. The van der Waals surface area contributed by atoms with Crippen molar-refractivity contribution in [2.75, 3.05) is 44.7 Å². The number of benzene rings is 1. The molecule has 3 rings (SSSR count). The van der Waals surface area contributed by atoms with E-state index in [1.54, 1.807) is 6.20 Å². The van der Waals surface area contributed by atoms with Crippen LogP contribution in [0.2, 0.25) is 0 Å². The summed E-state index contributed by atoms with van der Waals surface area (Å²) in [5, 5.41) is 18.4. The second kappa shape index (κ2) is 8.19. The molecule has 2 heterocycles. The third-order valence-corrected chi connectivity index (χ3v) is 4.27. The lowest BCUT2D eigenvalue weighted by Crippen LogP contribution is -2.48. The van der Waals surface area contributed by atoms with E-state index in [1.165, 1.54) is 0 Å². The van der Waals surface area contributed by atoms with E-state index in [4.69, 9.17) is 4.74 Å². The fourth-order valence-electron chi connectivity index (χ4n) is 2.98. The van der Waals surface area contributed by atoms with Gasteiger partial charge >= 0.3 is 0 Å². The van der Waals surface area contributed by atoms with E-state index in [2.05, 4.69) is 20.0 Å². The number of rotatable bonds is 6. The highest BCUT2D eigenvalue weighted by Gasteiger charge is 2.24. The van der Waals surface area contributed by atoms with Crippen LogP contribution in [0, 0.1) is 0 Å². The summed E-state index contributed by atoms with van der Waals surface area (Å²) in [4.78, 5) is 4.31. The van der Waals surface area contributed by atoms with Gasteiger partial charge in [-0.15, -0.1) is 5.10 Å². The average Bonchev–Trinajstić information content (AvgIpc) is 2.63. The number of hydrogen-bond donors (Lipinski definition) is 1. The largest absolute Gasteiger partial charge is 0.387 e. The Hall–Kier alpha value is -2.02. The van der Waals surface area contributed by atoms with Gasteiger partial charge in [0.25, 0.3) is 0 Å². The van der Waals surface area contributed by atoms with Crippen LogP contribution in [-0.4, -0.2) is 66.1 Å². The number of aliphatic hydroxyl groups excluding tert-OH is 1. The minimum absolute atomic E-state index is 0.0914. The first-order valence-electron chi connectivity index (χ1n) is 8.28. The summed E-state index contributed by atoms with van der Waals surface area (Å²) in [6, 6.07) is 13.6. The van der Waals surface area contributed by atoms with Gasteiger partial charge in [-0.1, -0.05) is 30.3 Å². The van der Waals surface area contributed by atoms with E-state index < -0.39 is 6.10 Å². The molecule has 1 fully saturated rings. The lowest BCUT2D eigenvalue weighted by molar-refractivity contribution is -0.0364. The first-order chi connectivity index (χ1) is 11.7. The fourth-order valence-corrected chi connectivity index (χ4v) is 2.98. The Morgan fingerprint density at radius 1 is 1.29 bits per heavy atom. The summed E-state index contributed by atoms with van der Waals surface area (Å²) in [7, 11) is 1.99. The molecular formula is C18H24N4O2. The predicted octanol–water partition coefficient (Wildman–Crippen LogP) is 1.35. The molecule has 1 aliphatic rings. The average molecular weight is 328 g/mol. The molecule has 0 bridgehead atoms. The molecule has 24 heavy (non-hydrogen) atoms. The topological polar surface area (TPSA) is 61.7 Å². The van der Waals surface area contributed by atoms with Crippen molar-refractivity contribution in [1.82, 2.24) is 15.1 Å². The summed E-state index contributed by atoms with van der Waals surface area (Å²) < 4.78 is 5.87. The molecule has 0 radical (unpaired) electrons. The maximum Gasteiger partial charge on any atom is 0.151 e. The summed E-state index contributed by atoms with van der Waals surface area (Å²) in [5.41, 5.74) is 0.956. The number of aliphatic hydroxyl groups is 1. The molecule has 2 aromatic rings. The lowest BCUT2D eigenvalue weighted by Gasteiger charge is -2.35. The number of aromatic nitrogens is 2. The number of morpholine rings is 1. The SMILES string of the molecule is CN(C[C@H]1CN(C[C@H](O)c2ccccc2)CCO1)c1cccnn1. The van der Waals surface area contributed by atoms with Crippen LogP contribution in [0.1, 0.15) is 11.7 Å². The van der Waals surface area contributed by atoms with Gasteiger partial charge in [0.2, 0.25) is 0 Å². The molecule has 1 aliphatic heterocycles. The van der Waals surface area contributed by atoms with Crippen LogP contribution in [0.5, 0.6) is 0 Å². The van der Waals surface area contributed by atoms with Crippen LogP contribution in [0.3, 0.4) is 0 Å². The Morgan fingerprint density at radius 3 is 2.88 bits per heavy atom. The van der Waals surface area contributed by atoms with Crippen LogP contribution < -0.4 is 4.90 Å². The van der Waals surface area contributed by atoms with Gasteiger partial charge in [-0.2, -0.15) is 5.10 Å². The highest BCUT2D eigenvalue weighted by Crippen LogP contribution is 2.17. The number of nitrogens with zero attached hydrogens (tertiary/aromatic N) is 4. The maximum absolute atomic E-state index is 10.4. The van der Waals surface area contributed by atoms with Crippen molar-refractivity contribution in [2.45, 2.75) is 12.2 Å². The Labute approximate surface area is 142 Å².